The molecule has 0 fully saturated rings. The summed E-state index contributed by atoms with van der Waals surface area (Å²) >= 11 is 3.11. The van der Waals surface area contributed by atoms with Crippen LogP contribution in [0.2, 0.25) is 0 Å². The van der Waals surface area contributed by atoms with Crippen LogP contribution in [-0.4, -0.2) is 11.1 Å². The molecule has 4 heteroatoms. The molecule has 0 saturated heterocycles. The SMILES string of the molecule is Cc1cc(CC(C)N)c(F)c(O)c1Br. The van der Waals surface area contributed by atoms with Gasteiger partial charge in [-0.2, -0.15) is 0 Å². The van der Waals surface area contributed by atoms with Crippen molar-refractivity contribution in [3.05, 3.63) is 27.5 Å². The van der Waals surface area contributed by atoms with Crippen molar-refractivity contribution in [2.75, 3.05) is 0 Å². The summed E-state index contributed by atoms with van der Waals surface area (Å²) in [4.78, 5) is 0. The van der Waals surface area contributed by atoms with E-state index in [9.17, 15) is 9.50 Å². The Morgan fingerprint density at radius 2 is 2.21 bits per heavy atom. The summed E-state index contributed by atoms with van der Waals surface area (Å²) in [6.45, 7) is 3.60. The zero-order chi connectivity index (χ0) is 10.9. The van der Waals surface area contributed by atoms with E-state index in [4.69, 9.17) is 5.73 Å². The zero-order valence-electron chi connectivity index (χ0n) is 8.14. The van der Waals surface area contributed by atoms with Gasteiger partial charge in [0.25, 0.3) is 0 Å². The van der Waals surface area contributed by atoms with Gasteiger partial charge in [0.2, 0.25) is 0 Å². The van der Waals surface area contributed by atoms with Crippen LogP contribution in [0.1, 0.15) is 18.1 Å². The third-order valence-corrected chi connectivity index (χ3v) is 2.98. The van der Waals surface area contributed by atoms with E-state index in [1.807, 2.05) is 0 Å². The summed E-state index contributed by atoms with van der Waals surface area (Å²) in [5, 5.41) is 9.42. The van der Waals surface area contributed by atoms with E-state index in [1.54, 1.807) is 19.9 Å². The molecule has 14 heavy (non-hydrogen) atoms. The van der Waals surface area contributed by atoms with E-state index >= 15 is 0 Å². The molecule has 2 nitrogen and oxygen atoms in total. The van der Waals surface area contributed by atoms with Crippen LogP contribution < -0.4 is 5.73 Å². The molecule has 78 valence electrons. The number of rotatable bonds is 2. The molecule has 0 saturated carbocycles. The number of benzene rings is 1. The maximum atomic E-state index is 13.5. The minimum Gasteiger partial charge on any atom is -0.504 e. The van der Waals surface area contributed by atoms with Crippen molar-refractivity contribution < 1.29 is 9.50 Å². The van der Waals surface area contributed by atoms with Crippen LogP contribution in [-0.2, 0) is 6.42 Å². The van der Waals surface area contributed by atoms with Gasteiger partial charge >= 0.3 is 0 Å². The zero-order valence-corrected chi connectivity index (χ0v) is 9.73. The van der Waals surface area contributed by atoms with Crippen LogP contribution in [0.15, 0.2) is 10.5 Å². The highest BCUT2D eigenvalue weighted by molar-refractivity contribution is 9.10. The maximum absolute atomic E-state index is 13.5. The first-order valence-electron chi connectivity index (χ1n) is 4.35. The maximum Gasteiger partial charge on any atom is 0.169 e. The summed E-state index contributed by atoms with van der Waals surface area (Å²) < 4.78 is 13.9. The second-order valence-electron chi connectivity index (χ2n) is 3.51. The van der Waals surface area contributed by atoms with Crippen molar-refractivity contribution in [1.82, 2.24) is 0 Å². The summed E-state index contributed by atoms with van der Waals surface area (Å²) in [5.41, 5.74) is 6.83. The predicted molar refractivity (Wildman–Crippen MR) is 57.9 cm³/mol. The van der Waals surface area contributed by atoms with Crippen LogP contribution in [0.3, 0.4) is 0 Å². The standard InChI is InChI=1S/C10H13BrFNO/c1-5-3-7(4-6(2)13)9(12)10(14)8(5)11/h3,6,14H,4,13H2,1-2H3. The Hall–Kier alpha value is -0.610. The minimum absolute atomic E-state index is 0.121. The van der Waals surface area contributed by atoms with Gasteiger partial charge in [0.15, 0.2) is 11.6 Å². The lowest BCUT2D eigenvalue weighted by Crippen LogP contribution is -2.18. The molecule has 1 atom stereocenters. The lowest BCUT2D eigenvalue weighted by atomic mass is 10.0. The molecule has 0 aliphatic carbocycles. The number of hydrogen-bond acceptors (Lipinski definition) is 2. The van der Waals surface area contributed by atoms with Gasteiger partial charge < -0.3 is 10.8 Å². The molecule has 0 bridgehead atoms. The fourth-order valence-electron chi connectivity index (χ4n) is 1.32. The highest BCUT2D eigenvalue weighted by Gasteiger charge is 2.14. The topological polar surface area (TPSA) is 46.2 Å². The normalized spacial score (nSPS) is 12.9. The van der Waals surface area contributed by atoms with E-state index in [1.165, 1.54) is 0 Å². The van der Waals surface area contributed by atoms with Crippen molar-refractivity contribution >= 4 is 15.9 Å². The van der Waals surface area contributed by atoms with Gasteiger partial charge in [-0.1, -0.05) is 6.07 Å². The van der Waals surface area contributed by atoms with Crippen molar-refractivity contribution in [3.63, 3.8) is 0 Å². The Kier molecular flexibility index (Phi) is 3.50. The van der Waals surface area contributed by atoms with Gasteiger partial charge in [-0.3, -0.25) is 0 Å². The van der Waals surface area contributed by atoms with Crippen molar-refractivity contribution in [2.24, 2.45) is 5.73 Å². The molecule has 1 rings (SSSR count). The van der Waals surface area contributed by atoms with Gasteiger partial charge in [-0.25, -0.2) is 4.39 Å². The quantitative estimate of drug-likeness (QED) is 0.860. The first kappa shape index (κ1) is 11.5. The van der Waals surface area contributed by atoms with Crippen LogP contribution in [0.25, 0.3) is 0 Å². The lowest BCUT2D eigenvalue weighted by Gasteiger charge is -2.10. The molecule has 0 heterocycles. The molecule has 1 unspecified atom stereocenters. The number of halogens is 2. The summed E-state index contributed by atoms with van der Waals surface area (Å²) in [7, 11) is 0. The van der Waals surface area contributed by atoms with E-state index in [0.717, 1.165) is 5.56 Å². The van der Waals surface area contributed by atoms with Gasteiger partial charge in [0, 0.05) is 6.04 Å². The third kappa shape index (κ3) is 2.25. The second kappa shape index (κ2) is 4.28. The van der Waals surface area contributed by atoms with Crippen molar-refractivity contribution in [2.45, 2.75) is 26.3 Å². The Labute approximate surface area is 91.1 Å². The predicted octanol–water partition coefficient (Wildman–Crippen LogP) is 2.49. The number of aryl methyl sites for hydroxylation is 1. The molecular formula is C10H13BrFNO. The highest BCUT2D eigenvalue weighted by Crippen LogP contribution is 2.32. The Morgan fingerprint density at radius 1 is 1.64 bits per heavy atom. The van der Waals surface area contributed by atoms with Crippen molar-refractivity contribution in [1.29, 1.82) is 0 Å². The summed E-state index contributed by atoms with van der Waals surface area (Å²) in [5.74, 6) is -0.916. The average Bonchev–Trinajstić information content (AvgIpc) is 2.10. The third-order valence-electron chi connectivity index (χ3n) is 1.98. The summed E-state index contributed by atoms with van der Waals surface area (Å²) in [6.07, 6.45) is 0.424. The number of hydrogen-bond donors (Lipinski definition) is 2. The van der Waals surface area contributed by atoms with E-state index < -0.39 is 5.82 Å². The monoisotopic (exact) mass is 261 g/mol. The molecular weight excluding hydrogens is 249 g/mol. The van der Waals surface area contributed by atoms with E-state index in [2.05, 4.69) is 15.9 Å². The fraction of sp³-hybridized carbons (Fsp3) is 0.400. The molecule has 0 aliphatic rings. The number of phenolic OH excluding ortho intramolecular Hbond substituents is 1. The molecule has 0 amide bonds. The molecule has 1 aromatic carbocycles. The number of phenols is 1. The number of nitrogens with two attached hydrogens (primary N) is 1. The first-order chi connectivity index (χ1) is 6.43. The van der Waals surface area contributed by atoms with E-state index in [-0.39, 0.29) is 11.8 Å². The Morgan fingerprint density at radius 3 is 2.71 bits per heavy atom. The number of aromatic hydroxyl groups is 1. The average molecular weight is 262 g/mol. The van der Waals surface area contributed by atoms with Crippen LogP contribution in [0.4, 0.5) is 4.39 Å². The molecule has 0 aromatic heterocycles. The minimum atomic E-state index is -0.584. The Balaban J connectivity index is 3.19. The second-order valence-corrected chi connectivity index (χ2v) is 4.30. The van der Waals surface area contributed by atoms with Crippen LogP contribution in [0, 0.1) is 12.7 Å². The largest absolute Gasteiger partial charge is 0.504 e. The summed E-state index contributed by atoms with van der Waals surface area (Å²) in [6, 6.07) is 1.58. The first-order valence-corrected chi connectivity index (χ1v) is 5.14. The van der Waals surface area contributed by atoms with Gasteiger partial charge in [-0.15, -0.1) is 0 Å². The molecule has 0 aliphatic heterocycles. The Bertz CT molecular complexity index is 352. The lowest BCUT2D eigenvalue weighted by molar-refractivity contribution is 0.423. The highest BCUT2D eigenvalue weighted by atomic mass is 79.9. The van der Waals surface area contributed by atoms with Crippen LogP contribution in [0.5, 0.6) is 5.75 Å². The van der Waals surface area contributed by atoms with Crippen molar-refractivity contribution in [3.8, 4) is 5.75 Å². The molecule has 3 N–H and O–H groups in total. The fourth-order valence-corrected chi connectivity index (χ4v) is 1.61. The molecule has 1 aromatic rings. The van der Waals surface area contributed by atoms with Gasteiger partial charge in [0.1, 0.15) is 0 Å². The van der Waals surface area contributed by atoms with Gasteiger partial charge in [0.05, 0.1) is 4.47 Å². The van der Waals surface area contributed by atoms with Gasteiger partial charge in [-0.05, 0) is 47.3 Å². The smallest absolute Gasteiger partial charge is 0.169 e. The van der Waals surface area contributed by atoms with Crippen LogP contribution >= 0.6 is 15.9 Å². The molecule has 0 radical (unpaired) electrons. The molecule has 0 spiro atoms. The van der Waals surface area contributed by atoms with E-state index in [0.29, 0.717) is 16.5 Å².